The molecular formula is C14H13F2NO8S2. The Balaban J connectivity index is 2.22. The zero-order valence-corrected chi connectivity index (χ0v) is 15.1. The van der Waals surface area contributed by atoms with Crippen LogP contribution in [0.3, 0.4) is 0 Å². The van der Waals surface area contributed by atoms with Crippen LogP contribution in [0.15, 0.2) is 35.7 Å². The summed E-state index contributed by atoms with van der Waals surface area (Å²) in [6, 6.07) is 4.43. The monoisotopic (exact) mass is 425 g/mol. The molecule has 1 aliphatic heterocycles. The number of benzene rings is 1. The molecule has 2 rings (SSSR count). The number of hydrogen-bond donors (Lipinski definition) is 1. The van der Waals surface area contributed by atoms with Crippen LogP contribution in [-0.4, -0.2) is 46.7 Å². The van der Waals surface area contributed by atoms with Crippen molar-refractivity contribution < 1.29 is 44.7 Å². The highest BCUT2D eigenvalue weighted by Crippen LogP contribution is 2.26. The van der Waals surface area contributed by atoms with Gasteiger partial charge < -0.3 is 9.47 Å². The summed E-state index contributed by atoms with van der Waals surface area (Å²) in [6.07, 6.45) is -0.553. The molecule has 27 heavy (non-hydrogen) atoms. The summed E-state index contributed by atoms with van der Waals surface area (Å²) in [4.78, 5) is 22.0. The van der Waals surface area contributed by atoms with Crippen LogP contribution in [-0.2, 0) is 39.1 Å². The molecular weight excluding hydrogens is 412 g/mol. The molecule has 1 aromatic carbocycles. The van der Waals surface area contributed by atoms with E-state index in [0.29, 0.717) is 5.56 Å². The molecule has 1 unspecified atom stereocenters. The Kier molecular flexibility index (Phi) is 5.68. The number of carbonyl (C=O) groups excluding carboxylic acids is 2. The van der Waals surface area contributed by atoms with Gasteiger partial charge in [0, 0.05) is 6.42 Å². The van der Waals surface area contributed by atoms with Crippen molar-refractivity contribution in [3.8, 4) is 0 Å². The van der Waals surface area contributed by atoms with Crippen molar-refractivity contribution in [1.29, 1.82) is 0 Å². The maximum atomic E-state index is 14.0. The summed E-state index contributed by atoms with van der Waals surface area (Å²) in [5.41, 5.74) is 0.495. The lowest BCUT2D eigenvalue weighted by molar-refractivity contribution is -0.172. The molecule has 1 atom stereocenters. The molecule has 0 aliphatic carbocycles. The Bertz CT molecular complexity index is 971. The molecule has 0 radical (unpaired) electrons. The van der Waals surface area contributed by atoms with Gasteiger partial charge in [-0.3, -0.25) is 0 Å². The lowest BCUT2D eigenvalue weighted by atomic mass is 10.2. The number of nitrogens with one attached hydrogen (secondary N) is 1. The lowest BCUT2D eigenvalue weighted by Gasteiger charge is -2.17. The molecule has 148 valence electrons. The summed E-state index contributed by atoms with van der Waals surface area (Å²) < 4.78 is 84.9. The zero-order chi connectivity index (χ0) is 20.5. The fourth-order valence-electron chi connectivity index (χ4n) is 1.92. The molecule has 0 amide bonds. The summed E-state index contributed by atoms with van der Waals surface area (Å²) in [5, 5.41) is -5.27. The largest absolute Gasteiger partial charge is 0.463 e. The quantitative estimate of drug-likeness (QED) is 0.621. The van der Waals surface area contributed by atoms with Crippen molar-refractivity contribution in [2.45, 2.75) is 22.7 Å². The average Bonchev–Trinajstić information content (AvgIpc) is 2.98. The van der Waals surface area contributed by atoms with Crippen LogP contribution in [0.4, 0.5) is 8.78 Å². The number of halogens is 2. The zero-order valence-electron chi connectivity index (χ0n) is 13.4. The topological polar surface area (TPSA) is 133 Å². The Hall–Kier alpha value is -2.38. The first-order chi connectivity index (χ1) is 12.4. The first-order valence-corrected chi connectivity index (χ1v) is 10.1. The third-order valence-corrected chi connectivity index (χ3v) is 6.85. The molecule has 0 bridgehead atoms. The molecule has 1 heterocycles. The van der Waals surface area contributed by atoms with Crippen LogP contribution in [0.5, 0.6) is 0 Å². The predicted molar refractivity (Wildman–Crippen MR) is 86.2 cm³/mol. The Morgan fingerprint density at radius 1 is 1.26 bits per heavy atom. The Morgan fingerprint density at radius 2 is 1.85 bits per heavy atom. The predicted octanol–water partition coefficient (Wildman–Crippen LogP) is 0.389. The number of cyclic esters (lactones) is 1. The van der Waals surface area contributed by atoms with Crippen LogP contribution < -0.4 is 4.13 Å². The SMILES string of the molecule is C=Cc1ccc(S(=O)(=O)NS(=O)(=O)C(F)(F)C(=O)OC2CCOC2=O)cc1. The van der Waals surface area contributed by atoms with Gasteiger partial charge in [0.2, 0.25) is 6.10 Å². The number of sulfonamides is 2. The first kappa shape index (κ1) is 20.9. The van der Waals surface area contributed by atoms with Gasteiger partial charge in [-0.15, -0.1) is 0 Å². The highest BCUT2D eigenvalue weighted by atomic mass is 32.3. The summed E-state index contributed by atoms with van der Waals surface area (Å²) in [5.74, 6) is -3.71. The minimum Gasteiger partial charge on any atom is -0.463 e. The molecule has 1 aromatic rings. The first-order valence-electron chi connectivity index (χ1n) is 7.17. The smallest absolute Gasteiger partial charge is 0.455 e. The van der Waals surface area contributed by atoms with Gasteiger partial charge in [-0.1, -0.05) is 28.9 Å². The molecule has 1 fully saturated rings. The van der Waals surface area contributed by atoms with E-state index in [4.69, 9.17) is 0 Å². The third-order valence-electron chi connectivity index (χ3n) is 3.36. The van der Waals surface area contributed by atoms with Crippen molar-refractivity contribution >= 4 is 38.1 Å². The lowest BCUT2D eigenvalue weighted by Crippen LogP contribution is -2.49. The van der Waals surface area contributed by atoms with Crippen LogP contribution >= 0.6 is 0 Å². The molecule has 1 N–H and O–H groups in total. The van der Waals surface area contributed by atoms with Crippen LogP contribution in [0, 0.1) is 0 Å². The fraction of sp³-hybridized carbons (Fsp3) is 0.286. The van der Waals surface area contributed by atoms with E-state index >= 15 is 0 Å². The summed E-state index contributed by atoms with van der Waals surface area (Å²) >= 11 is 0. The summed E-state index contributed by atoms with van der Waals surface area (Å²) in [6.45, 7) is 3.24. The van der Waals surface area contributed by atoms with Gasteiger partial charge in [-0.2, -0.15) is 8.78 Å². The summed E-state index contributed by atoms with van der Waals surface area (Å²) in [7, 11) is -11.0. The second kappa shape index (κ2) is 7.32. The molecule has 1 aliphatic rings. The minimum absolute atomic E-state index is 0.192. The number of carbonyl (C=O) groups is 2. The molecule has 1 saturated heterocycles. The van der Waals surface area contributed by atoms with Gasteiger partial charge in [0.05, 0.1) is 11.5 Å². The van der Waals surface area contributed by atoms with Gasteiger partial charge in [-0.25, -0.2) is 26.4 Å². The number of esters is 2. The molecule has 0 spiro atoms. The minimum atomic E-state index is -6.06. The second-order valence-corrected chi connectivity index (χ2v) is 8.89. The molecule has 0 aromatic heterocycles. The second-order valence-electron chi connectivity index (χ2n) is 5.23. The van der Waals surface area contributed by atoms with E-state index in [-0.39, 0.29) is 13.0 Å². The fourth-order valence-corrected chi connectivity index (χ4v) is 4.64. The number of rotatable bonds is 7. The van der Waals surface area contributed by atoms with Crippen molar-refractivity contribution in [2.24, 2.45) is 0 Å². The Labute approximate surface area is 153 Å². The van der Waals surface area contributed by atoms with E-state index in [1.165, 1.54) is 18.2 Å². The molecule has 13 heteroatoms. The van der Waals surface area contributed by atoms with E-state index in [2.05, 4.69) is 16.1 Å². The Morgan fingerprint density at radius 3 is 2.33 bits per heavy atom. The standard InChI is InChI=1S/C14H13F2NO8S2/c1-2-9-3-5-10(6-4-9)26(20,21)17-27(22,23)14(15,16)13(19)25-11-7-8-24-12(11)18/h2-6,11,17H,1,7-8H2. The van der Waals surface area contributed by atoms with E-state index in [9.17, 15) is 35.2 Å². The molecule has 0 saturated carbocycles. The maximum Gasteiger partial charge on any atom is 0.455 e. The van der Waals surface area contributed by atoms with E-state index in [1.54, 1.807) is 0 Å². The van der Waals surface area contributed by atoms with Crippen molar-refractivity contribution in [3.63, 3.8) is 0 Å². The third kappa shape index (κ3) is 4.31. The van der Waals surface area contributed by atoms with Gasteiger partial charge in [0.1, 0.15) is 0 Å². The van der Waals surface area contributed by atoms with Crippen LogP contribution in [0.2, 0.25) is 0 Å². The van der Waals surface area contributed by atoms with Crippen LogP contribution in [0.1, 0.15) is 12.0 Å². The highest BCUT2D eigenvalue weighted by molar-refractivity contribution is 8.05. The van der Waals surface area contributed by atoms with Gasteiger partial charge in [0.25, 0.3) is 10.0 Å². The van der Waals surface area contributed by atoms with Gasteiger partial charge in [-0.05, 0) is 17.7 Å². The van der Waals surface area contributed by atoms with Crippen molar-refractivity contribution in [2.75, 3.05) is 6.61 Å². The highest BCUT2D eigenvalue weighted by Gasteiger charge is 2.57. The van der Waals surface area contributed by atoms with Crippen LogP contribution in [0.25, 0.3) is 6.08 Å². The number of hydrogen-bond acceptors (Lipinski definition) is 8. The van der Waals surface area contributed by atoms with E-state index in [0.717, 1.165) is 16.3 Å². The van der Waals surface area contributed by atoms with E-state index < -0.39 is 48.2 Å². The number of ether oxygens (including phenoxy) is 2. The normalized spacial score (nSPS) is 18.0. The van der Waals surface area contributed by atoms with Gasteiger partial charge >= 0.3 is 27.2 Å². The van der Waals surface area contributed by atoms with Crippen molar-refractivity contribution in [3.05, 3.63) is 36.4 Å². The van der Waals surface area contributed by atoms with Crippen molar-refractivity contribution in [1.82, 2.24) is 4.13 Å². The molecule has 9 nitrogen and oxygen atoms in total. The maximum absolute atomic E-state index is 14.0. The van der Waals surface area contributed by atoms with E-state index in [1.807, 2.05) is 0 Å². The average molecular weight is 425 g/mol. The number of alkyl halides is 2. The van der Waals surface area contributed by atoms with Gasteiger partial charge in [0.15, 0.2) is 0 Å².